The first-order valence-corrected chi connectivity index (χ1v) is 9.56. The molecule has 0 spiro atoms. The van der Waals surface area contributed by atoms with Crippen LogP contribution in [0.25, 0.3) is 0 Å². The van der Waals surface area contributed by atoms with E-state index >= 15 is 0 Å². The number of nitrogens with one attached hydrogen (secondary N) is 1. The number of ether oxygens (including phenoxy) is 1. The molecule has 0 radical (unpaired) electrons. The van der Waals surface area contributed by atoms with E-state index in [1.807, 2.05) is 0 Å². The van der Waals surface area contributed by atoms with Gasteiger partial charge in [0.2, 0.25) is 0 Å². The van der Waals surface area contributed by atoms with E-state index in [0.29, 0.717) is 16.8 Å². The summed E-state index contributed by atoms with van der Waals surface area (Å²) < 4.78 is 4.92. The molecular formula is C19H17N3O6S. The summed E-state index contributed by atoms with van der Waals surface area (Å²) in [7, 11) is 0. The van der Waals surface area contributed by atoms with Crippen molar-refractivity contribution in [2.45, 2.75) is 18.8 Å². The fourth-order valence-corrected chi connectivity index (χ4v) is 3.56. The number of rotatable bonds is 7. The lowest BCUT2D eigenvalue weighted by molar-refractivity contribution is -0.384. The standard InChI is InChI=1S/C19H17N3O6S/c1-2-28-18(24)13-5-7-14(8-6-13)20-16-17(23)21(19(25)29-16)11-12-3-9-15(10-4-12)22(26)27/h3-10,16,20H,2,11H2,1H3/t16-/m0/s1. The lowest BCUT2D eigenvalue weighted by Crippen LogP contribution is -2.33. The van der Waals surface area contributed by atoms with E-state index in [4.69, 9.17) is 4.74 Å². The van der Waals surface area contributed by atoms with Gasteiger partial charge in [-0.3, -0.25) is 24.6 Å². The molecule has 1 aliphatic heterocycles. The molecule has 1 N–H and O–H groups in total. The lowest BCUT2D eigenvalue weighted by atomic mass is 10.2. The minimum absolute atomic E-state index is 0.0304. The maximum Gasteiger partial charge on any atom is 0.338 e. The van der Waals surface area contributed by atoms with E-state index in [1.54, 1.807) is 31.2 Å². The molecule has 2 aromatic carbocycles. The Labute approximate surface area is 170 Å². The fourth-order valence-electron chi connectivity index (χ4n) is 2.65. The Morgan fingerprint density at radius 3 is 2.41 bits per heavy atom. The number of carbonyl (C=O) groups excluding carboxylic acids is 3. The maximum absolute atomic E-state index is 12.6. The van der Waals surface area contributed by atoms with Crippen LogP contribution >= 0.6 is 11.8 Å². The summed E-state index contributed by atoms with van der Waals surface area (Å²) in [5.74, 6) is -0.845. The van der Waals surface area contributed by atoms with Crippen LogP contribution in [-0.2, 0) is 16.1 Å². The van der Waals surface area contributed by atoms with E-state index in [-0.39, 0.29) is 18.8 Å². The summed E-state index contributed by atoms with van der Waals surface area (Å²) in [4.78, 5) is 47.8. The highest BCUT2D eigenvalue weighted by Gasteiger charge is 2.39. The average molecular weight is 415 g/mol. The Kier molecular flexibility index (Phi) is 6.13. The summed E-state index contributed by atoms with van der Waals surface area (Å²) >= 11 is 0.849. The van der Waals surface area contributed by atoms with Crippen LogP contribution in [0.5, 0.6) is 0 Å². The van der Waals surface area contributed by atoms with Gasteiger partial charge in [-0.1, -0.05) is 12.1 Å². The maximum atomic E-state index is 12.6. The van der Waals surface area contributed by atoms with Gasteiger partial charge in [0.15, 0.2) is 5.37 Å². The molecule has 0 saturated carbocycles. The normalized spacial score (nSPS) is 16.0. The summed E-state index contributed by atoms with van der Waals surface area (Å²) in [6.07, 6.45) is 0. The van der Waals surface area contributed by atoms with Gasteiger partial charge in [-0.2, -0.15) is 0 Å². The number of nitro benzene ring substituents is 1. The molecule has 0 aliphatic carbocycles. The number of nitrogens with zero attached hydrogens (tertiary/aromatic N) is 2. The van der Waals surface area contributed by atoms with E-state index in [2.05, 4.69) is 5.32 Å². The third-order valence-corrected chi connectivity index (χ3v) is 5.09. The Bertz CT molecular complexity index is 945. The number of anilines is 1. The van der Waals surface area contributed by atoms with Crippen molar-refractivity contribution < 1.29 is 24.0 Å². The van der Waals surface area contributed by atoms with Gasteiger partial charge in [-0.25, -0.2) is 4.79 Å². The average Bonchev–Trinajstić information content (AvgIpc) is 2.96. The number of thioether (sulfide) groups is 1. The molecule has 1 fully saturated rings. The summed E-state index contributed by atoms with van der Waals surface area (Å²) in [6.45, 7) is 2.03. The molecule has 9 nitrogen and oxygen atoms in total. The Morgan fingerprint density at radius 2 is 1.83 bits per heavy atom. The first kappa shape index (κ1) is 20.3. The van der Waals surface area contributed by atoms with Crippen molar-refractivity contribution in [2.75, 3.05) is 11.9 Å². The topological polar surface area (TPSA) is 119 Å². The number of carbonyl (C=O) groups is 3. The van der Waals surface area contributed by atoms with Gasteiger partial charge in [0.25, 0.3) is 16.8 Å². The quantitative estimate of drug-likeness (QED) is 0.415. The van der Waals surface area contributed by atoms with E-state index in [9.17, 15) is 24.5 Å². The molecule has 2 aromatic rings. The smallest absolute Gasteiger partial charge is 0.338 e. The van der Waals surface area contributed by atoms with Crippen LogP contribution in [0, 0.1) is 10.1 Å². The first-order chi connectivity index (χ1) is 13.9. The number of benzene rings is 2. The van der Waals surface area contributed by atoms with Crippen molar-refractivity contribution >= 4 is 40.3 Å². The Balaban J connectivity index is 1.64. The van der Waals surface area contributed by atoms with Crippen molar-refractivity contribution in [1.82, 2.24) is 4.90 Å². The fraction of sp³-hybridized carbons (Fsp3) is 0.211. The van der Waals surface area contributed by atoms with E-state index in [1.165, 1.54) is 24.3 Å². The predicted octanol–water partition coefficient (Wildman–Crippen LogP) is 3.41. The van der Waals surface area contributed by atoms with Gasteiger partial charge >= 0.3 is 5.97 Å². The lowest BCUT2D eigenvalue weighted by Gasteiger charge is -2.15. The molecule has 3 rings (SSSR count). The van der Waals surface area contributed by atoms with E-state index < -0.39 is 27.4 Å². The van der Waals surface area contributed by atoms with Crippen molar-refractivity contribution in [2.24, 2.45) is 0 Å². The number of esters is 1. The number of nitro groups is 1. The van der Waals surface area contributed by atoms with Gasteiger partial charge < -0.3 is 10.1 Å². The van der Waals surface area contributed by atoms with Crippen LogP contribution < -0.4 is 5.32 Å². The summed E-state index contributed by atoms with van der Waals surface area (Å²) in [6, 6.07) is 12.1. The molecule has 1 aliphatic rings. The first-order valence-electron chi connectivity index (χ1n) is 8.68. The minimum Gasteiger partial charge on any atom is -0.462 e. The minimum atomic E-state index is -0.797. The van der Waals surface area contributed by atoms with Crippen molar-refractivity contribution in [3.05, 3.63) is 69.8 Å². The number of imide groups is 1. The van der Waals surface area contributed by atoms with Gasteiger partial charge in [-0.05, 0) is 48.5 Å². The highest BCUT2D eigenvalue weighted by atomic mass is 32.2. The van der Waals surface area contributed by atoms with Crippen molar-refractivity contribution in [3.63, 3.8) is 0 Å². The molecular weight excluding hydrogens is 398 g/mol. The van der Waals surface area contributed by atoms with Gasteiger partial charge in [-0.15, -0.1) is 0 Å². The van der Waals surface area contributed by atoms with Crippen LogP contribution in [-0.4, -0.2) is 38.9 Å². The Hall–Kier alpha value is -3.40. The number of hydrogen-bond donors (Lipinski definition) is 1. The highest BCUT2D eigenvalue weighted by molar-refractivity contribution is 8.15. The molecule has 2 amide bonds. The second-order valence-corrected chi connectivity index (χ2v) is 7.11. The molecule has 1 heterocycles. The second-order valence-electron chi connectivity index (χ2n) is 6.05. The molecule has 1 atom stereocenters. The van der Waals surface area contributed by atoms with Crippen LogP contribution in [0.4, 0.5) is 16.2 Å². The van der Waals surface area contributed by atoms with Crippen LogP contribution in [0.15, 0.2) is 48.5 Å². The van der Waals surface area contributed by atoms with Crippen molar-refractivity contribution in [3.8, 4) is 0 Å². The van der Waals surface area contributed by atoms with Gasteiger partial charge in [0.05, 0.1) is 23.6 Å². The number of non-ortho nitro benzene ring substituents is 1. The zero-order valence-corrected chi connectivity index (χ0v) is 16.2. The Morgan fingerprint density at radius 1 is 1.17 bits per heavy atom. The second kappa shape index (κ2) is 8.74. The molecule has 10 heteroatoms. The zero-order valence-electron chi connectivity index (χ0n) is 15.4. The van der Waals surface area contributed by atoms with Gasteiger partial charge in [0.1, 0.15) is 0 Å². The molecule has 1 saturated heterocycles. The molecule has 150 valence electrons. The number of amides is 2. The third kappa shape index (κ3) is 4.72. The van der Waals surface area contributed by atoms with Crippen molar-refractivity contribution in [1.29, 1.82) is 0 Å². The molecule has 29 heavy (non-hydrogen) atoms. The van der Waals surface area contributed by atoms with Gasteiger partial charge in [0, 0.05) is 17.8 Å². The third-order valence-electron chi connectivity index (χ3n) is 4.11. The highest BCUT2D eigenvalue weighted by Crippen LogP contribution is 2.30. The largest absolute Gasteiger partial charge is 0.462 e. The number of hydrogen-bond acceptors (Lipinski definition) is 8. The summed E-state index contributed by atoms with van der Waals surface area (Å²) in [5.41, 5.74) is 1.51. The van der Waals surface area contributed by atoms with Crippen LogP contribution in [0.2, 0.25) is 0 Å². The molecule has 0 bridgehead atoms. The SMILES string of the molecule is CCOC(=O)c1ccc(N[C@H]2SC(=O)N(Cc3ccc([N+](=O)[O-])cc3)C2=O)cc1. The van der Waals surface area contributed by atoms with E-state index in [0.717, 1.165) is 16.7 Å². The monoisotopic (exact) mass is 415 g/mol. The zero-order chi connectivity index (χ0) is 21.0. The molecule has 0 aromatic heterocycles. The predicted molar refractivity (Wildman–Crippen MR) is 106 cm³/mol. The molecule has 0 unspecified atom stereocenters. The van der Waals surface area contributed by atoms with Crippen LogP contribution in [0.1, 0.15) is 22.8 Å². The summed E-state index contributed by atoms with van der Waals surface area (Å²) in [5, 5.41) is 12.5. The van der Waals surface area contributed by atoms with Crippen LogP contribution in [0.3, 0.4) is 0 Å².